The molecule has 34 heavy (non-hydrogen) atoms. The summed E-state index contributed by atoms with van der Waals surface area (Å²) in [6.07, 6.45) is 6.28. The molecule has 1 fully saturated rings. The number of aromatic nitrogens is 4. The largest absolute Gasteiger partial charge is 0.365 e. The Labute approximate surface area is 196 Å². The number of carbonyl (C=O) groups excluding carboxylic acids is 1. The predicted molar refractivity (Wildman–Crippen MR) is 129 cm³/mol. The zero-order valence-corrected chi connectivity index (χ0v) is 18.3. The van der Waals surface area contributed by atoms with E-state index in [4.69, 9.17) is 10.2 Å². The number of anilines is 2. The maximum atomic E-state index is 12.5. The van der Waals surface area contributed by atoms with Crippen LogP contribution in [0.25, 0.3) is 22.3 Å². The van der Waals surface area contributed by atoms with Gasteiger partial charge in [0.25, 0.3) is 0 Å². The van der Waals surface area contributed by atoms with Crippen LogP contribution < -0.4 is 16.0 Å². The van der Waals surface area contributed by atoms with E-state index in [0.717, 1.165) is 47.4 Å². The van der Waals surface area contributed by atoms with Gasteiger partial charge in [0, 0.05) is 35.9 Å². The summed E-state index contributed by atoms with van der Waals surface area (Å²) in [6, 6.07) is 14.8. The Morgan fingerprint density at radius 2 is 2.03 bits per heavy atom. The van der Waals surface area contributed by atoms with Crippen molar-refractivity contribution in [3.8, 4) is 17.5 Å². The highest BCUT2D eigenvalue weighted by atomic mass is 16.1. The predicted octanol–water partition coefficient (Wildman–Crippen LogP) is 2.91. The zero-order chi connectivity index (χ0) is 23.3. The fourth-order valence-corrected chi connectivity index (χ4v) is 3.90. The topological polar surface area (TPSA) is 129 Å². The molecule has 168 valence electrons. The second-order valence-corrected chi connectivity index (χ2v) is 8.09. The van der Waals surface area contributed by atoms with Crippen LogP contribution in [-0.4, -0.2) is 45.0 Å². The number of nitrogens with one attached hydrogen (secondary N) is 3. The first-order chi connectivity index (χ1) is 16.7. The van der Waals surface area contributed by atoms with E-state index < -0.39 is 0 Å². The lowest BCUT2D eigenvalue weighted by Crippen LogP contribution is -2.23. The third-order valence-electron chi connectivity index (χ3n) is 5.63. The Kier molecular flexibility index (Phi) is 6.05. The summed E-state index contributed by atoms with van der Waals surface area (Å²) in [6.45, 7) is 1.86. The van der Waals surface area contributed by atoms with Gasteiger partial charge >= 0.3 is 0 Å². The fraction of sp³-hybridized carbons (Fsp3) is 0.200. The van der Waals surface area contributed by atoms with Gasteiger partial charge in [-0.2, -0.15) is 5.26 Å². The number of nitriles is 1. The minimum Gasteiger partial charge on any atom is -0.365 e. The highest BCUT2D eigenvalue weighted by Crippen LogP contribution is 2.26. The van der Waals surface area contributed by atoms with Gasteiger partial charge in [0.15, 0.2) is 5.82 Å². The van der Waals surface area contributed by atoms with Crippen molar-refractivity contribution in [2.75, 3.05) is 23.7 Å². The molecule has 9 nitrogen and oxygen atoms in total. The third-order valence-corrected chi connectivity index (χ3v) is 5.63. The lowest BCUT2D eigenvalue weighted by Gasteiger charge is -2.15. The lowest BCUT2D eigenvalue weighted by molar-refractivity contribution is -0.115. The first-order valence-electron chi connectivity index (χ1n) is 11.0. The zero-order valence-electron chi connectivity index (χ0n) is 18.3. The van der Waals surface area contributed by atoms with E-state index in [1.807, 2.05) is 12.1 Å². The van der Waals surface area contributed by atoms with Crippen LogP contribution in [0, 0.1) is 11.3 Å². The maximum absolute atomic E-state index is 12.5. The summed E-state index contributed by atoms with van der Waals surface area (Å²) in [4.78, 5) is 30.5. The van der Waals surface area contributed by atoms with Crippen LogP contribution in [0.15, 0.2) is 61.1 Å². The van der Waals surface area contributed by atoms with E-state index in [9.17, 15) is 4.79 Å². The molecule has 0 aliphatic carbocycles. The van der Waals surface area contributed by atoms with Crippen molar-refractivity contribution in [1.29, 1.82) is 5.26 Å². The van der Waals surface area contributed by atoms with E-state index >= 15 is 0 Å². The number of benzene rings is 1. The van der Waals surface area contributed by atoms with Crippen molar-refractivity contribution in [2.45, 2.75) is 18.9 Å². The van der Waals surface area contributed by atoms with E-state index in [0.29, 0.717) is 23.2 Å². The second kappa shape index (κ2) is 9.60. The van der Waals surface area contributed by atoms with Crippen LogP contribution in [0.4, 0.5) is 11.6 Å². The van der Waals surface area contributed by atoms with Crippen molar-refractivity contribution >= 4 is 28.4 Å². The number of hydrogen-bond donors (Lipinski definition) is 3. The summed E-state index contributed by atoms with van der Waals surface area (Å²) < 4.78 is 0. The van der Waals surface area contributed by atoms with Crippen LogP contribution in [-0.2, 0) is 11.2 Å². The molecule has 1 atom stereocenters. The van der Waals surface area contributed by atoms with E-state index in [-0.39, 0.29) is 12.3 Å². The van der Waals surface area contributed by atoms with Gasteiger partial charge in [-0.25, -0.2) is 15.0 Å². The number of nitrogens with zero attached hydrogens (tertiary/aromatic N) is 5. The summed E-state index contributed by atoms with van der Waals surface area (Å²) in [5, 5.41) is 19.5. The number of amides is 1. The first-order valence-corrected chi connectivity index (χ1v) is 11.0. The Bertz CT molecular complexity index is 1370. The molecule has 0 bridgehead atoms. The maximum Gasteiger partial charge on any atom is 0.229 e. The van der Waals surface area contributed by atoms with Gasteiger partial charge in [0.2, 0.25) is 5.91 Å². The van der Waals surface area contributed by atoms with E-state index in [2.05, 4.69) is 37.0 Å². The molecule has 9 heteroatoms. The Hall–Kier alpha value is -4.42. The molecule has 0 radical (unpaired) electrons. The normalized spacial score (nSPS) is 15.1. The number of rotatable bonds is 6. The SMILES string of the molecule is N#Cc1ccc(CC(=O)Nc2cc(-c3nc(NC4CCNC4)c4ccncc4n3)ccn2)cc1. The van der Waals surface area contributed by atoms with Crippen molar-refractivity contribution in [2.24, 2.45) is 0 Å². The summed E-state index contributed by atoms with van der Waals surface area (Å²) >= 11 is 0. The number of hydrogen-bond acceptors (Lipinski definition) is 8. The van der Waals surface area contributed by atoms with Crippen molar-refractivity contribution in [1.82, 2.24) is 25.3 Å². The Morgan fingerprint density at radius 3 is 2.82 bits per heavy atom. The van der Waals surface area contributed by atoms with Crippen molar-refractivity contribution < 1.29 is 4.79 Å². The lowest BCUT2D eigenvalue weighted by atomic mass is 10.1. The van der Waals surface area contributed by atoms with E-state index in [1.165, 1.54) is 0 Å². The monoisotopic (exact) mass is 450 g/mol. The molecule has 0 spiro atoms. The molecule has 5 rings (SSSR count). The summed E-state index contributed by atoms with van der Waals surface area (Å²) in [7, 11) is 0. The van der Waals surface area contributed by atoms with Gasteiger partial charge in [0.1, 0.15) is 11.6 Å². The highest BCUT2D eigenvalue weighted by Gasteiger charge is 2.18. The molecule has 4 heterocycles. The molecule has 4 aromatic rings. The van der Waals surface area contributed by atoms with E-state index in [1.54, 1.807) is 48.9 Å². The van der Waals surface area contributed by atoms with Gasteiger partial charge in [0.05, 0.1) is 29.8 Å². The van der Waals surface area contributed by atoms with Crippen LogP contribution in [0.5, 0.6) is 0 Å². The van der Waals surface area contributed by atoms with Crippen LogP contribution in [0.2, 0.25) is 0 Å². The Morgan fingerprint density at radius 1 is 1.15 bits per heavy atom. The smallest absolute Gasteiger partial charge is 0.229 e. The molecule has 1 saturated heterocycles. The molecule has 1 unspecified atom stereocenters. The van der Waals surface area contributed by atoms with Crippen LogP contribution in [0.1, 0.15) is 17.5 Å². The summed E-state index contributed by atoms with van der Waals surface area (Å²) in [5.74, 6) is 1.51. The van der Waals surface area contributed by atoms with Crippen LogP contribution in [0.3, 0.4) is 0 Å². The standard InChI is InChI=1S/C25H22N8O/c26-13-17-3-1-16(2-4-17)11-23(34)32-22-12-18(5-10-29-22)24-31-21-15-28-9-7-20(21)25(33-24)30-19-6-8-27-14-19/h1-5,7,9-10,12,15,19,27H,6,8,11,14H2,(H,29,32,34)(H,30,31,33). The molecular weight excluding hydrogens is 428 g/mol. The third kappa shape index (κ3) is 4.82. The quantitative estimate of drug-likeness (QED) is 0.409. The first kappa shape index (κ1) is 21.4. The molecule has 1 aliphatic heterocycles. The minimum absolute atomic E-state index is 0.180. The number of pyridine rings is 2. The van der Waals surface area contributed by atoms with Crippen molar-refractivity contribution in [3.63, 3.8) is 0 Å². The van der Waals surface area contributed by atoms with Crippen LogP contribution >= 0.6 is 0 Å². The fourth-order valence-electron chi connectivity index (χ4n) is 3.90. The highest BCUT2D eigenvalue weighted by molar-refractivity contribution is 5.92. The molecule has 0 saturated carbocycles. The van der Waals surface area contributed by atoms with Gasteiger partial charge in [-0.05, 0) is 48.9 Å². The second-order valence-electron chi connectivity index (χ2n) is 8.09. The van der Waals surface area contributed by atoms with Gasteiger partial charge in [-0.3, -0.25) is 9.78 Å². The number of fused-ring (bicyclic) bond motifs is 1. The molecular formula is C25H22N8O. The molecule has 1 aromatic carbocycles. The molecule has 3 N–H and O–H groups in total. The van der Waals surface area contributed by atoms with Gasteiger partial charge in [-0.1, -0.05) is 12.1 Å². The average Bonchev–Trinajstić information content (AvgIpc) is 3.38. The minimum atomic E-state index is -0.200. The number of carbonyl (C=O) groups is 1. The molecule has 3 aromatic heterocycles. The van der Waals surface area contributed by atoms with Crippen molar-refractivity contribution in [3.05, 3.63) is 72.2 Å². The summed E-state index contributed by atoms with van der Waals surface area (Å²) in [5.41, 5.74) is 2.85. The molecule has 1 amide bonds. The van der Waals surface area contributed by atoms with Gasteiger partial charge < -0.3 is 16.0 Å². The Balaban J connectivity index is 1.38. The average molecular weight is 451 g/mol. The van der Waals surface area contributed by atoms with Gasteiger partial charge in [-0.15, -0.1) is 0 Å². The molecule has 1 aliphatic rings.